The molecule has 14 nitrogen and oxygen atoms in total. The van der Waals surface area contributed by atoms with Crippen molar-refractivity contribution in [3.63, 3.8) is 0 Å². The lowest BCUT2D eigenvalue weighted by Gasteiger charge is -2.28. The Morgan fingerprint density at radius 1 is 1.27 bits per heavy atom. The molecule has 0 aliphatic carbocycles. The summed E-state index contributed by atoms with van der Waals surface area (Å²) < 4.78 is 37.9. The van der Waals surface area contributed by atoms with E-state index in [0.717, 1.165) is 0 Å². The van der Waals surface area contributed by atoms with E-state index in [0.29, 0.717) is 18.4 Å². The van der Waals surface area contributed by atoms with Crippen LogP contribution in [0.15, 0.2) is 48.8 Å². The van der Waals surface area contributed by atoms with Gasteiger partial charge in [-0.05, 0) is 44.0 Å². The molecule has 15 heteroatoms. The van der Waals surface area contributed by atoms with Crippen molar-refractivity contribution in [2.24, 2.45) is 0 Å². The van der Waals surface area contributed by atoms with Crippen molar-refractivity contribution in [2.75, 3.05) is 12.3 Å². The van der Waals surface area contributed by atoms with Crippen molar-refractivity contribution < 1.29 is 38.1 Å². The zero-order chi connectivity index (χ0) is 29.8. The smallest absolute Gasteiger partial charge is 0.459 e. The molecule has 3 heterocycles. The fourth-order valence-electron chi connectivity index (χ4n) is 4.38. The number of carbonyl (C=O) groups excluding carboxylic acids is 1. The first kappa shape index (κ1) is 30.4. The molecule has 220 valence electrons. The van der Waals surface area contributed by atoms with E-state index in [-0.39, 0.29) is 23.4 Å². The number of aliphatic hydroxyl groups is 2. The number of anilines is 1. The molecule has 0 bridgehead atoms. The number of nitrogens with one attached hydrogen (secondary N) is 1. The Morgan fingerprint density at radius 3 is 2.63 bits per heavy atom. The first-order valence-electron chi connectivity index (χ1n) is 13.1. The van der Waals surface area contributed by atoms with Gasteiger partial charge in [0.25, 0.3) is 0 Å². The lowest BCUT2D eigenvalue weighted by atomic mass is 9.96. The van der Waals surface area contributed by atoms with Crippen LogP contribution < -0.4 is 15.3 Å². The molecule has 41 heavy (non-hydrogen) atoms. The number of aromatic nitrogens is 3. The van der Waals surface area contributed by atoms with Gasteiger partial charge in [-0.3, -0.25) is 9.32 Å². The summed E-state index contributed by atoms with van der Waals surface area (Å²) in [5, 5.41) is 38.6. The zero-order valence-corrected chi connectivity index (χ0v) is 23.7. The third-order valence-corrected chi connectivity index (χ3v) is 8.38. The number of nitriles is 1. The van der Waals surface area contributed by atoms with Crippen LogP contribution in [0.5, 0.6) is 5.75 Å². The number of benzene rings is 1. The van der Waals surface area contributed by atoms with Crippen molar-refractivity contribution in [3.05, 3.63) is 54.5 Å². The highest BCUT2D eigenvalue weighted by Crippen LogP contribution is 2.48. The second kappa shape index (κ2) is 12.5. The maximum Gasteiger partial charge on any atom is 0.459 e. The van der Waals surface area contributed by atoms with Gasteiger partial charge in [0, 0.05) is 0 Å². The summed E-state index contributed by atoms with van der Waals surface area (Å²) in [7, 11) is -4.41. The summed E-state index contributed by atoms with van der Waals surface area (Å²) in [6.07, 6.45) is -2.53. The molecular formula is C26H33N6O8P. The molecule has 0 amide bonds. The SMILES string of the molecule is CCC(CC)OC(=O)C(C)NP(=O)(OC[C@@]1(C#N)O[C@@H](c2ccc3c(N)ncnn23)[C@H](O)[C@@H]1O)Oc1ccccc1. The first-order chi connectivity index (χ1) is 19.6. The molecule has 0 radical (unpaired) electrons. The third-order valence-electron chi connectivity index (χ3n) is 6.76. The molecular weight excluding hydrogens is 555 g/mol. The van der Waals surface area contributed by atoms with Crippen molar-refractivity contribution in [1.82, 2.24) is 19.7 Å². The normalized spacial score (nSPS) is 24.6. The molecule has 2 aromatic heterocycles. The summed E-state index contributed by atoms with van der Waals surface area (Å²) in [6.45, 7) is 4.38. The number of hydrogen-bond acceptors (Lipinski definition) is 12. The Balaban J connectivity index is 1.58. The van der Waals surface area contributed by atoms with E-state index in [4.69, 9.17) is 24.3 Å². The minimum absolute atomic E-state index is 0.151. The Labute approximate surface area is 236 Å². The molecule has 2 unspecified atom stereocenters. The van der Waals surface area contributed by atoms with E-state index in [9.17, 15) is 24.8 Å². The van der Waals surface area contributed by atoms with E-state index in [2.05, 4.69) is 15.2 Å². The van der Waals surface area contributed by atoms with Gasteiger partial charge in [0.05, 0.1) is 5.69 Å². The Kier molecular flexibility index (Phi) is 9.28. The molecule has 5 N–H and O–H groups in total. The quantitative estimate of drug-likeness (QED) is 0.177. The van der Waals surface area contributed by atoms with E-state index in [1.807, 2.05) is 19.9 Å². The minimum atomic E-state index is -4.41. The molecule has 4 rings (SSSR count). The number of hydrogen-bond donors (Lipinski definition) is 4. The number of ether oxygens (including phenoxy) is 2. The zero-order valence-electron chi connectivity index (χ0n) is 22.8. The van der Waals surface area contributed by atoms with E-state index in [1.54, 1.807) is 30.3 Å². The van der Waals surface area contributed by atoms with Crippen LogP contribution in [0.3, 0.4) is 0 Å². The van der Waals surface area contributed by atoms with Crippen LogP contribution in [-0.4, -0.2) is 67.3 Å². The van der Waals surface area contributed by atoms with Gasteiger partial charge in [-0.25, -0.2) is 14.1 Å². The Hall–Kier alpha value is -3.57. The summed E-state index contributed by atoms with van der Waals surface area (Å²) in [5.41, 5.74) is 4.43. The predicted octanol–water partition coefficient (Wildman–Crippen LogP) is 2.28. The minimum Gasteiger partial charge on any atom is -0.461 e. The number of nitrogen functional groups attached to an aromatic ring is 1. The largest absolute Gasteiger partial charge is 0.461 e. The van der Waals surface area contributed by atoms with Gasteiger partial charge >= 0.3 is 13.7 Å². The summed E-state index contributed by atoms with van der Waals surface area (Å²) >= 11 is 0. The topological polar surface area (TPSA) is 204 Å². The first-order valence-corrected chi connectivity index (χ1v) is 14.6. The van der Waals surface area contributed by atoms with Crippen LogP contribution in [0.1, 0.15) is 45.4 Å². The maximum atomic E-state index is 13.9. The van der Waals surface area contributed by atoms with Crippen LogP contribution >= 0.6 is 7.75 Å². The molecule has 0 spiro atoms. The van der Waals surface area contributed by atoms with E-state index < -0.39 is 50.3 Å². The average molecular weight is 589 g/mol. The fraction of sp³-hybridized carbons (Fsp3) is 0.462. The molecule has 1 aliphatic rings. The monoisotopic (exact) mass is 588 g/mol. The number of esters is 1. The van der Waals surface area contributed by atoms with Gasteiger partial charge in [0.15, 0.2) is 5.82 Å². The predicted molar refractivity (Wildman–Crippen MR) is 145 cm³/mol. The third kappa shape index (κ3) is 6.36. The van der Waals surface area contributed by atoms with Gasteiger partial charge < -0.3 is 29.9 Å². The maximum absolute atomic E-state index is 13.9. The van der Waals surface area contributed by atoms with Crippen molar-refractivity contribution in [2.45, 2.75) is 69.7 Å². The molecule has 6 atom stereocenters. The van der Waals surface area contributed by atoms with Crippen molar-refractivity contribution >= 4 is 25.1 Å². The van der Waals surface area contributed by atoms with E-state index >= 15 is 0 Å². The summed E-state index contributed by atoms with van der Waals surface area (Å²) in [4.78, 5) is 16.6. The molecule has 1 fully saturated rings. The Bertz CT molecular complexity index is 1440. The lowest BCUT2D eigenvalue weighted by molar-refractivity contribution is -0.151. The number of fused-ring (bicyclic) bond motifs is 1. The number of carbonyl (C=O) groups is 1. The molecule has 3 aromatic rings. The molecule has 1 aromatic carbocycles. The highest BCUT2D eigenvalue weighted by molar-refractivity contribution is 7.52. The number of nitrogens with zero attached hydrogens (tertiary/aromatic N) is 4. The second-order valence-corrected chi connectivity index (χ2v) is 11.3. The summed E-state index contributed by atoms with van der Waals surface area (Å²) in [6, 6.07) is 11.9. The van der Waals surface area contributed by atoms with E-state index in [1.165, 1.54) is 29.9 Å². The van der Waals surface area contributed by atoms with Gasteiger partial charge in [-0.1, -0.05) is 32.0 Å². The number of nitrogens with two attached hydrogens (primary N) is 1. The van der Waals surface area contributed by atoms with Crippen LogP contribution in [-0.2, 0) is 23.4 Å². The Morgan fingerprint density at radius 2 is 1.98 bits per heavy atom. The molecule has 1 saturated heterocycles. The number of para-hydroxylation sites is 1. The van der Waals surface area contributed by atoms with Crippen LogP contribution in [0.2, 0.25) is 0 Å². The second-order valence-electron chi connectivity index (χ2n) is 9.58. The lowest BCUT2D eigenvalue weighted by Crippen LogP contribution is -2.46. The highest BCUT2D eigenvalue weighted by atomic mass is 31.2. The number of rotatable bonds is 12. The molecule has 1 aliphatic heterocycles. The average Bonchev–Trinajstić information content (AvgIpc) is 3.51. The van der Waals surface area contributed by atoms with Crippen LogP contribution in [0, 0.1) is 11.3 Å². The van der Waals surface area contributed by atoms with Gasteiger partial charge in [0.2, 0.25) is 5.60 Å². The van der Waals surface area contributed by atoms with Crippen molar-refractivity contribution in [3.8, 4) is 11.8 Å². The van der Waals surface area contributed by atoms with Crippen LogP contribution in [0.4, 0.5) is 5.82 Å². The standard InChI is InChI=1S/C26H33N6O8P/c1-4-17(5-2)38-25(35)16(3)31-41(36,40-18-9-7-6-8-10-18)37-14-26(13-27)23(34)21(33)22(39-26)19-11-12-20-24(28)29-15-30-32(19)20/h6-12,15-17,21-23,33-34H,4-5,14H2,1-3H3,(H,31,36)(H2,28,29,30)/t16?,21-,22-,23-,26+,41?/m0/s1. The van der Waals surface area contributed by atoms with Gasteiger partial charge in [-0.2, -0.15) is 15.4 Å². The fourth-order valence-corrected chi connectivity index (χ4v) is 5.90. The van der Waals surface area contributed by atoms with Crippen LogP contribution in [0.25, 0.3) is 5.52 Å². The van der Waals surface area contributed by atoms with Gasteiger partial charge in [-0.15, -0.1) is 0 Å². The molecule has 0 saturated carbocycles. The van der Waals surface area contributed by atoms with Gasteiger partial charge in [0.1, 0.15) is 60.7 Å². The van der Waals surface area contributed by atoms with Crippen molar-refractivity contribution in [1.29, 1.82) is 5.26 Å². The highest BCUT2D eigenvalue weighted by Gasteiger charge is 2.57. The number of aliphatic hydroxyl groups excluding tert-OH is 2. The summed E-state index contributed by atoms with van der Waals surface area (Å²) in [5.74, 6) is -0.350.